The van der Waals surface area contributed by atoms with Crippen LogP contribution in [-0.4, -0.2) is 84.9 Å². The average Bonchev–Trinajstić information content (AvgIpc) is 3.16. The van der Waals surface area contributed by atoms with Crippen LogP contribution in [0.15, 0.2) is 40.4 Å². The van der Waals surface area contributed by atoms with E-state index in [2.05, 4.69) is 30.2 Å². The summed E-state index contributed by atoms with van der Waals surface area (Å²) in [5, 5.41) is 2.83. The van der Waals surface area contributed by atoms with Gasteiger partial charge in [-0.3, -0.25) is 14.8 Å². The van der Waals surface area contributed by atoms with Crippen molar-refractivity contribution in [1.82, 2.24) is 9.97 Å². The molecule has 14 heteroatoms. The first kappa shape index (κ1) is 28.5. The average molecular weight is 586 g/mol. The molecule has 0 aromatic carbocycles. The van der Waals surface area contributed by atoms with Gasteiger partial charge in [0.05, 0.1) is 30.7 Å². The van der Waals surface area contributed by atoms with Crippen molar-refractivity contribution >= 4 is 35.2 Å². The maximum atomic E-state index is 14.1. The van der Waals surface area contributed by atoms with Gasteiger partial charge in [0.15, 0.2) is 11.9 Å². The van der Waals surface area contributed by atoms with Gasteiger partial charge < -0.3 is 31.3 Å². The number of nitrogens with one attached hydrogen (secondary N) is 1. The zero-order chi connectivity index (χ0) is 29.6. The Morgan fingerprint density at radius 3 is 2.52 bits per heavy atom. The fourth-order valence-electron chi connectivity index (χ4n) is 6.26. The van der Waals surface area contributed by atoms with Crippen molar-refractivity contribution in [1.29, 1.82) is 0 Å². The molecule has 2 aromatic rings. The molecule has 1 aliphatic carbocycles. The summed E-state index contributed by atoms with van der Waals surface area (Å²) in [4.78, 5) is 35.1. The molecule has 42 heavy (non-hydrogen) atoms. The number of morpholine rings is 1. The van der Waals surface area contributed by atoms with Crippen LogP contribution in [0.25, 0.3) is 0 Å². The summed E-state index contributed by atoms with van der Waals surface area (Å²) in [6.45, 7) is 4.86. The highest BCUT2D eigenvalue weighted by atomic mass is 19.4. The summed E-state index contributed by atoms with van der Waals surface area (Å²) in [6, 6.07) is 4.81. The van der Waals surface area contributed by atoms with Crippen molar-refractivity contribution in [3.8, 4) is 0 Å². The lowest BCUT2D eigenvalue weighted by Gasteiger charge is -2.38. The van der Waals surface area contributed by atoms with Crippen LogP contribution >= 0.6 is 0 Å². The molecular formula is C28H34F3N9O2. The lowest BCUT2D eigenvalue weighted by atomic mass is 9.93. The number of nitrogens with two attached hydrogens (primary N) is 2. The number of carbonyl (C=O) groups is 1. The Labute approximate surface area is 241 Å². The molecule has 1 saturated carbocycles. The molecule has 6 rings (SSSR count). The van der Waals surface area contributed by atoms with Crippen LogP contribution < -0.4 is 26.6 Å². The minimum atomic E-state index is -4.71. The monoisotopic (exact) mass is 585 g/mol. The van der Waals surface area contributed by atoms with E-state index in [0.29, 0.717) is 49.8 Å². The number of pyridine rings is 2. The van der Waals surface area contributed by atoms with Crippen molar-refractivity contribution in [2.24, 2.45) is 33.3 Å². The number of amides is 1. The number of piperidine rings is 1. The maximum absolute atomic E-state index is 14.1. The first-order valence-electron chi connectivity index (χ1n) is 14.1. The molecule has 5 heterocycles. The Morgan fingerprint density at radius 2 is 1.83 bits per heavy atom. The molecule has 2 saturated heterocycles. The SMILES string of the molecule is C[C@]1(N)N=CC(c2nc(N3CCOCC3)ccc2C(F)(F)F)=NC1C(=O)Nc1ncccc1N1C[C@H]2CC[C@@H](C1)C2N. The Bertz CT molecular complexity index is 1390. The molecule has 2 unspecified atom stereocenters. The molecular weight excluding hydrogens is 551 g/mol. The number of hydrogen-bond acceptors (Lipinski definition) is 10. The van der Waals surface area contributed by atoms with Gasteiger partial charge in [-0.1, -0.05) is 0 Å². The molecule has 4 aliphatic rings. The summed E-state index contributed by atoms with van der Waals surface area (Å²) >= 11 is 0. The standard InChI is InChI=1S/C28H34F3N9O2/c1-27(33)24(26(41)38-25-20(3-2-8-34-25)40-14-16-4-5-17(15-40)22(16)32)36-19(13-35-27)23-18(28(29,30)31)6-7-21(37-23)39-9-11-42-12-10-39/h2-3,6-8,13,16-17,22,24H,4-5,9-12,14-15,32-33H2,1H3,(H,34,38,41)/t16-,17+,22?,24?,27-/m0/s1. The molecule has 2 aromatic heterocycles. The van der Waals surface area contributed by atoms with E-state index in [9.17, 15) is 18.0 Å². The number of rotatable bonds is 5. The third-order valence-corrected chi connectivity index (χ3v) is 8.57. The predicted octanol–water partition coefficient (Wildman–Crippen LogP) is 2.06. The number of nitrogens with zero attached hydrogens (tertiary/aromatic N) is 6. The predicted molar refractivity (Wildman–Crippen MR) is 153 cm³/mol. The van der Waals surface area contributed by atoms with Gasteiger partial charge in [-0.2, -0.15) is 13.2 Å². The van der Waals surface area contributed by atoms with E-state index in [-0.39, 0.29) is 11.8 Å². The topological polar surface area (TPSA) is 147 Å². The third kappa shape index (κ3) is 5.45. The zero-order valence-electron chi connectivity index (χ0n) is 23.2. The van der Waals surface area contributed by atoms with Crippen LogP contribution in [0.1, 0.15) is 31.0 Å². The van der Waals surface area contributed by atoms with Crippen LogP contribution in [0.2, 0.25) is 0 Å². The lowest BCUT2D eigenvalue weighted by Crippen LogP contribution is -2.54. The van der Waals surface area contributed by atoms with Crippen LogP contribution in [0.4, 0.5) is 30.5 Å². The molecule has 0 spiro atoms. The Morgan fingerprint density at radius 1 is 1.12 bits per heavy atom. The second-order valence-electron chi connectivity index (χ2n) is 11.5. The highest BCUT2D eigenvalue weighted by molar-refractivity contribution is 6.39. The molecule has 11 nitrogen and oxygen atoms in total. The van der Waals surface area contributed by atoms with Gasteiger partial charge >= 0.3 is 6.18 Å². The Kier molecular flexibility index (Phi) is 7.39. The number of hydrogen-bond donors (Lipinski definition) is 3. The molecule has 224 valence electrons. The van der Waals surface area contributed by atoms with E-state index in [1.165, 1.54) is 13.0 Å². The molecule has 5 atom stereocenters. The van der Waals surface area contributed by atoms with E-state index < -0.39 is 35.0 Å². The van der Waals surface area contributed by atoms with E-state index in [0.717, 1.165) is 43.9 Å². The fraction of sp³-hybridized carbons (Fsp3) is 0.536. The molecule has 3 fully saturated rings. The van der Waals surface area contributed by atoms with E-state index in [4.69, 9.17) is 16.2 Å². The minimum absolute atomic E-state index is 0.165. The highest BCUT2D eigenvalue weighted by Crippen LogP contribution is 2.39. The molecule has 5 N–H and O–H groups in total. The number of alkyl halides is 3. The second kappa shape index (κ2) is 10.9. The maximum Gasteiger partial charge on any atom is 0.418 e. The minimum Gasteiger partial charge on any atom is -0.378 e. The smallest absolute Gasteiger partial charge is 0.378 e. The Hall–Kier alpha value is -3.62. The van der Waals surface area contributed by atoms with Crippen molar-refractivity contribution in [3.05, 3.63) is 41.7 Å². The first-order valence-corrected chi connectivity index (χ1v) is 14.1. The number of aromatic nitrogens is 2. The number of ether oxygens (including phenoxy) is 1. The molecule has 3 aliphatic heterocycles. The van der Waals surface area contributed by atoms with Crippen molar-refractivity contribution in [2.75, 3.05) is 54.5 Å². The summed E-state index contributed by atoms with van der Waals surface area (Å²) in [5.41, 5.74) is 10.4. The van der Waals surface area contributed by atoms with Gasteiger partial charge in [0, 0.05) is 38.4 Å². The van der Waals surface area contributed by atoms with Crippen LogP contribution in [-0.2, 0) is 15.7 Å². The van der Waals surface area contributed by atoms with Crippen LogP contribution in [0, 0.1) is 11.8 Å². The van der Waals surface area contributed by atoms with E-state index in [1.54, 1.807) is 12.3 Å². The van der Waals surface area contributed by atoms with Gasteiger partial charge in [0.25, 0.3) is 5.91 Å². The van der Waals surface area contributed by atoms with Gasteiger partial charge in [0.2, 0.25) is 0 Å². The van der Waals surface area contributed by atoms with Gasteiger partial charge in [0.1, 0.15) is 22.9 Å². The lowest BCUT2D eigenvalue weighted by molar-refractivity contribution is -0.137. The number of halogens is 3. The van der Waals surface area contributed by atoms with Crippen molar-refractivity contribution < 1.29 is 22.7 Å². The summed E-state index contributed by atoms with van der Waals surface area (Å²) in [5.74, 6) is 0.770. The number of carbonyl (C=O) groups excluding carboxylic acids is 1. The molecule has 2 bridgehead atoms. The van der Waals surface area contributed by atoms with Gasteiger partial charge in [-0.25, -0.2) is 9.97 Å². The summed E-state index contributed by atoms with van der Waals surface area (Å²) < 4.78 is 47.6. The quantitative estimate of drug-likeness (QED) is 0.483. The fourth-order valence-corrected chi connectivity index (χ4v) is 6.26. The first-order chi connectivity index (χ1) is 20.0. The third-order valence-electron chi connectivity index (χ3n) is 8.57. The molecule has 1 amide bonds. The zero-order valence-corrected chi connectivity index (χ0v) is 23.2. The number of anilines is 3. The van der Waals surface area contributed by atoms with E-state index >= 15 is 0 Å². The largest absolute Gasteiger partial charge is 0.418 e. The highest BCUT2D eigenvalue weighted by Gasteiger charge is 2.43. The number of aliphatic imine (C=N–C) groups is 2. The summed E-state index contributed by atoms with van der Waals surface area (Å²) in [7, 11) is 0. The Balaban J connectivity index is 1.30. The van der Waals surface area contributed by atoms with Crippen LogP contribution in [0.5, 0.6) is 0 Å². The van der Waals surface area contributed by atoms with Crippen LogP contribution in [0.3, 0.4) is 0 Å². The van der Waals surface area contributed by atoms with Crippen molar-refractivity contribution in [2.45, 2.75) is 43.7 Å². The second-order valence-corrected chi connectivity index (χ2v) is 11.5. The molecule has 0 radical (unpaired) electrons. The van der Waals surface area contributed by atoms with Crippen molar-refractivity contribution in [3.63, 3.8) is 0 Å². The van der Waals surface area contributed by atoms with Gasteiger partial charge in [-0.05, 0) is 55.9 Å². The summed E-state index contributed by atoms with van der Waals surface area (Å²) in [6.07, 6.45) is 0.143. The normalized spacial score (nSPS) is 29.4. The van der Waals surface area contributed by atoms with Gasteiger partial charge in [-0.15, -0.1) is 0 Å². The number of fused-ring (bicyclic) bond motifs is 2. The van der Waals surface area contributed by atoms with E-state index in [1.807, 2.05) is 11.0 Å².